The van der Waals surface area contributed by atoms with Gasteiger partial charge in [-0.25, -0.2) is 0 Å². The van der Waals surface area contributed by atoms with Gasteiger partial charge in [-0.05, 0) is 37.0 Å². The Morgan fingerprint density at radius 1 is 1.20 bits per heavy atom. The van der Waals surface area contributed by atoms with E-state index < -0.39 is 0 Å². The fourth-order valence-electron chi connectivity index (χ4n) is 2.67. The molecule has 2 rings (SSSR count). The summed E-state index contributed by atoms with van der Waals surface area (Å²) in [5.74, 6) is 1.56. The number of benzene rings is 1. The molecule has 0 radical (unpaired) electrons. The van der Waals surface area contributed by atoms with E-state index in [0.29, 0.717) is 12.1 Å². The minimum absolute atomic E-state index is 0.345. The molecule has 1 atom stereocenters. The molecule has 1 saturated heterocycles. The molecule has 20 heavy (non-hydrogen) atoms. The second-order valence-electron chi connectivity index (χ2n) is 5.13. The zero-order valence-corrected chi connectivity index (χ0v) is 12.6. The highest BCUT2D eigenvalue weighted by Gasteiger charge is 2.19. The zero-order valence-electron chi connectivity index (χ0n) is 12.6. The van der Waals surface area contributed by atoms with E-state index >= 15 is 0 Å². The summed E-state index contributed by atoms with van der Waals surface area (Å²) in [6.07, 6.45) is 3.22. The summed E-state index contributed by atoms with van der Waals surface area (Å²) in [6.45, 7) is 3.92. The van der Waals surface area contributed by atoms with Crippen molar-refractivity contribution < 1.29 is 14.2 Å². The van der Waals surface area contributed by atoms with E-state index in [4.69, 9.17) is 14.2 Å². The number of hydrogen-bond acceptors (Lipinski definition) is 4. The van der Waals surface area contributed by atoms with Crippen molar-refractivity contribution in [2.75, 3.05) is 27.4 Å². The van der Waals surface area contributed by atoms with Gasteiger partial charge in [0.2, 0.25) is 0 Å². The Labute approximate surface area is 121 Å². The van der Waals surface area contributed by atoms with Crippen LogP contribution in [0.1, 0.15) is 37.8 Å². The minimum atomic E-state index is 0.345. The van der Waals surface area contributed by atoms with Crippen LogP contribution in [0.5, 0.6) is 11.5 Å². The Morgan fingerprint density at radius 3 is 2.50 bits per heavy atom. The normalized spacial score (nSPS) is 17.8. The van der Waals surface area contributed by atoms with E-state index in [1.807, 2.05) is 6.07 Å². The van der Waals surface area contributed by atoms with Gasteiger partial charge in [0.25, 0.3) is 0 Å². The minimum Gasteiger partial charge on any atom is -0.493 e. The highest BCUT2D eigenvalue weighted by Crippen LogP contribution is 2.31. The third-order valence-corrected chi connectivity index (χ3v) is 3.88. The molecule has 0 amide bonds. The van der Waals surface area contributed by atoms with E-state index in [2.05, 4.69) is 24.4 Å². The second-order valence-corrected chi connectivity index (χ2v) is 5.13. The average molecular weight is 279 g/mol. The number of rotatable bonds is 6. The highest BCUT2D eigenvalue weighted by molar-refractivity contribution is 5.43. The Hall–Kier alpha value is -1.26. The molecular weight excluding hydrogens is 254 g/mol. The third-order valence-electron chi connectivity index (χ3n) is 3.88. The highest BCUT2D eigenvalue weighted by atomic mass is 16.5. The van der Waals surface area contributed by atoms with Gasteiger partial charge in [-0.1, -0.05) is 13.0 Å². The lowest BCUT2D eigenvalue weighted by atomic mass is 10.0. The quantitative estimate of drug-likeness (QED) is 0.869. The van der Waals surface area contributed by atoms with Gasteiger partial charge in [0.1, 0.15) is 0 Å². The predicted molar refractivity (Wildman–Crippen MR) is 79.6 cm³/mol. The number of nitrogens with one attached hydrogen (secondary N) is 1. The van der Waals surface area contributed by atoms with Gasteiger partial charge in [0.15, 0.2) is 11.5 Å². The van der Waals surface area contributed by atoms with Gasteiger partial charge >= 0.3 is 0 Å². The first-order valence-corrected chi connectivity index (χ1v) is 7.34. The Kier molecular flexibility index (Phi) is 5.68. The molecule has 1 unspecified atom stereocenters. The molecule has 1 aromatic rings. The van der Waals surface area contributed by atoms with Crippen LogP contribution in [-0.2, 0) is 4.74 Å². The molecule has 4 heteroatoms. The Balaban J connectivity index is 2.09. The predicted octanol–water partition coefficient (Wildman–Crippen LogP) is 2.92. The van der Waals surface area contributed by atoms with Crippen LogP contribution in [0, 0.1) is 0 Å². The zero-order chi connectivity index (χ0) is 14.4. The molecule has 0 saturated carbocycles. The molecule has 112 valence electrons. The monoisotopic (exact) mass is 279 g/mol. The van der Waals surface area contributed by atoms with Crippen molar-refractivity contribution in [2.45, 2.75) is 38.3 Å². The van der Waals surface area contributed by atoms with Gasteiger partial charge in [-0.3, -0.25) is 0 Å². The van der Waals surface area contributed by atoms with Crippen molar-refractivity contribution in [2.24, 2.45) is 0 Å². The summed E-state index contributed by atoms with van der Waals surface area (Å²) >= 11 is 0. The van der Waals surface area contributed by atoms with E-state index in [1.165, 1.54) is 5.56 Å². The van der Waals surface area contributed by atoms with Crippen LogP contribution in [-0.4, -0.2) is 33.5 Å². The maximum atomic E-state index is 5.41. The van der Waals surface area contributed by atoms with Crippen LogP contribution in [0.4, 0.5) is 0 Å². The molecular formula is C16H25NO3. The summed E-state index contributed by atoms with van der Waals surface area (Å²) in [6, 6.07) is 7.05. The first-order chi connectivity index (χ1) is 9.78. The molecule has 1 aliphatic heterocycles. The molecule has 1 heterocycles. The summed E-state index contributed by atoms with van der Waals surface area (Å²) in [5.41, 5.74) is 1.25. The maximum Gasteiger partial charge on any atom is 0.161 e. The van der Waals surface area contributed by atoms with Crippen molar-refractivity contribution in [1.82, 2.24) is 5.32 Å². The molecule has 1 aliphatic rings. The maximum absolute atomic E-state index is 5.41. The van der Waals surface area contributed by atoms with Crippen molar-refractivity contribution in [3.05, 3.63) is 23.8 Å². The molecule has 4 nitrogen and oxygen atoms in total. The smallest absolute Gasteiger partial charge is 0.161 e. The molecule has 0 spiro atoms. The Morgan fingerprint density at radius 2 is 1.90 bits per heavy atom. The van der Waals surface area contributed by atoms with Crippen molar-refractivity contribution in [1.29, 1.82) is 0 Å². The molecule has 0 aliphatic carbocycles. The van der Waals surface area contributed by atoms with Crippen molar-refractivity contribution in [3.8, 4) is 11.5 Å². The lowest BCUT2D eigenvalue weighted by molar-refractivity contribution is 0.0746. The van der Waals surface area contributed by atoms with E-state index in [0.717, 1.165) is 44.0 Å². The second kappa shape index (κ2) is 7.50. The van der Waals surface area contributed by atoms with Crippen molar-refractivity contribution >= 4 is 0 Å². The largest absolute Gasteiger partial charge is 0.493 e. The van der Waals surface area contributed by atoms with E-state index in [-0.39, 0.29) is 0 Å². The molecule has 1 aromatic carbocycles. The first kappa shape index (κ1) is 15.1. The standard InChI is InChI=1S/C16H25NO3/c1-4-14(17-13-7-9-20-10-8-13)12-5-6-15(18-2)16(11-12)19-3/h5-6,11,13-14,17H,4,7-10H2,1-3H3. The van der Waals surface area contributed by atoms with Gasteiger partial charge < -0.3 is 19.5 Å². The van der Waals surface area contributed by atoms with E-state index in [9.17, 15) is 0 Å². The van der Waals surface area contributed by atoms with Crippen LogP contribution in [0.3, 0.4) is 0 Å². The van der Waals surface area contributed by atoms with Crippen LogP contribution < -0.4 is 14.8 Å². The van der Waals surface area contributed by atoms with Crippen LogP contribution in [0.2, 0.25) is 0 Å². The lowest BCUT2D eigenvalue weighted by Gasteiger charge is -2.28. The third kappa shape index (κ3) is 3.64. The fraction of sp³-hybridized carbons (Fsp3) is 0.625. The summed E-state index contributed by atoms with van der Waals surface area (Å²) in [5, 5.41) is 3.73. The molecule has 1 fully saturated rings. The average Bonchev–Trinajstić information content (AvgIpc) is 2.53. The molecule has 0 bridgehead atoms. The summed E-state index contributed by atoms with van der Waals surface area (Å²) in [7, 11) is 3.34. The number of methoxy groups -OCH3 is 2. The van der Waals surface area contributed by atoms with Crippen LogP contribution in [0.15, 0.2) is 18.2 Å². The number of ether oxygens (including phenoxy) is 3. The molecule has 0 aromatic heterocycles. The van der Waals surface area contributed by atoms with Gasteiger partial charge in [0, 0.05) is 25.3 Å². The SMILES string of the molecule is CCC(NC1CCOCC1)c1ccc(OC)c(OC)c1. The first-order valence-electron chi connectivity index (χ1n) is 7.34. The van der Waals surface area contributed by atoms with Gasteiger partial charge in [-0.15, -0.1) is 0 Å². The van der Waals surface area contributed by atoms with Gasteiger partial charge in [-0.2, -0.15) is 0 Å². The molecule has 1 N–H and O–H groups in total. The number of hydrogen-bond donors (Lipinski definition) is 1. The lowest BCUT2D eigenvalue weighted by Crippen LogP contribution is -2.37. The summed E-state index contributed by atoms with van der Waals surface area (Å²) in [4.78, 5) is 0. The van der Waals surface area contributed by atoms with Crippen LogP contribution in [0.25, 0.3) is 0 Å². The Bertz CT molecular complexity index is 416. The fourth-order valence-corrected chi connectivity index (χ4v) is 2.67. The van der Waals surface area contributed by atoms with E-state index in [1.54, 1.807) is 14.2 Å². The topological polar surface area (TPSA) is 39.7 Å². The van der Waals surface area contributed by atoms with Crippen molar-refractivity contribution in [3.63, 3.8) is 0 Å². The van der Waals surface area contributed by atoms with Crippen LogP contribution >= 0.6 is 0 Å². The van der Waals surface area contributed by atoms with Gasteiger partial charge in [0.05, 0.1) is 14.2 Å². The summed E-state index contributed by atoms with van der Waals surface area (Å²) < 4.78 is 16.1.